The Morgan fingerprint density at radius 3 is 2.77 bits per heavy atom. The molecule has 0 atom stereocenters. The van der Waals surface area contributed by atoms with Crippen LogP contribution in [0.2, 0.25) is 0 Å². The van der Waals surface area contributed by atoms with Gasteiger partial charge in [-0.1, -0.05) is 6.92 Å². The molecule has 3 aromatic rings. The van der Waals surface area contributed by atoms with E-state index in [2.05, 4.69) is 16.8 Å². The lowest BCUT2D eigenvalue weighted by molar-refractivity contribution is -0.133. The maximum Gasteiger partial charge on any atom is 0.287 e. The Morgan fingerprint density at radius 1 is 1.17 bits per heavy atom. The SMILES string of the molecule is CCCN(Cc1cccn1Cc1ccc(C(=O)NCc2ccco2)o1)C(=O)C1CC1. The third kappa shape index (κ3) is 4.84. The second-order valence-electron chi connectivity index (χ2n) is 7.69. The molecule has 0 bridgehead atoms. The van der Waals surface area contributed by atoms with E-state index in [9.17, 15) is 9.59 Å². The van der Waals surface area contributed by atoms with Crippen molar-refractivity contribution in [3.63, 3.8) is 0 Å². The first-order chi connectivity index (χ1) is 14.6. The third-order valence-corrected chi connectivity index (χ3v) is 5.22. The molecule has 0 spiro atoms. The monoisotopic (exact) mass is 409 g/mol. The van der Waals surface area contributed by atoms with Gasteiger partial charge in [0.25, 0.3) is 5.91 Å². The molecule has 3 aromatic heterocycles. The highest BCUT2D eigenvalue weighted by Gasteiger charge is 2.33. The molecule has 158 valence electrons. The molecule has 1 saturated carbocycles. The summed E-state index contributed by atoms with van der Waals surface area (Å²) in [4.78, 5) is 26.8. The zero-order valence-electron chi connectivity index (χ0n) is 17.2. The highest BCUT2D eigenvalue weighted by molar-refractivity contribution is 5.91. The van der Waals surface area contributed by atoms with Crippen molar-refractivity contribution in [3.05, 3.63) is 71.8 Å². The van der Waals surface area contributed by atoms with Crippen LogP contribution in [0.3, 0.4) is 0 Å². The maximum absolute atomic E-state index is 12.6. The van der Waals surface area contributed by atoms with Crippen molar-refractivity contribution in [1.82, 2.24) is 14.8 Å². The molecule has 0 aliphatic heterocycles. The summed E-state index contributed by atoms with van der Waals surface area (Å²) in [7, 11) is 0. The highest BCUT2D eigenvalue weighted by atomic mass is 16.4. The molecule has 0 saturated heterocycles. The average Bonchev–Trinajstić information content (AvgIpc) is 3.11. The first-order valence-electron chi connectivity index (χ1n) is 10.5. The molecule has 1 aliphatic rings. The smallest absolute Gasteiger partial charge is 0.287 e. The molecule has 1 aliphatic carbocycles. The number of hydrogen-bond acceptors (Lipinski definition) is 4. The lowest BCUT2D eigenvalue weighted by Gasteiger charge is -2.23. The molecule has 1 fully saturated rings. The molecule has 1 N–H and O–H groups in total. The Morgan fingerprint density at radius 2 is 2.03 bits per heavy atom. The zero-order valence-corrected chi connectivity index (χ0v) is 17.2. The summed E-state index contributed by atoms with van der Waals surface area (Å²) in [6.45, 7) is 4.26. The molecule has 0 unspecified atom stereocenters. The summed E-state index contributed by atoms with van der Waals surface area (Å²) in [6, 6.07) is 11.1. The van der Waals surface area contributed by atoms with Crippen LogP contribution in [0, 0.1) is 5.92 Å². The summed E-state index contributed by atoms with van der Waals surface area (Å²) in [5.41, 5.74) is 1.05. The van der Waals surface area contributed by atoms with E-state index in [1.165, 1.54) is 0 Å². The minimum atomic E-state index is -0.283. The predicted octanol–water partition coefficient (Wildman–Crippen LogP) is 3.80. The van der Waals surface area contributed by atoms with Crippen LogP contribution >= 0.6 is 0 Å². The molecule has 30 heavy (non-hydrogen) atoms. The van der Waals surface area contributed by atoms with Gasteiger partial charge in [-0.05, 0) is 55.7 Å². The van der Waals surface area contributed by atoms with E-state index in [-0.39, 0.29) is 23.5 Å². The van der Waals surface area contributed by atoms with Crippen molar-refractivity contribution in [2.45, 2.75) is 45.8 Å². The van der Waals surface area contributed by atoms with Gasteiger partial charge in [-0.25, -0.2) is 0 Å². The molecule has 0 radical (unpaired) electrons. The predicted molar refractivity (Wildman–Crippen MR) is 111 cm³/mol. The van der Waals surface area contributed by atoms with Crippen molar-refractivity contribution >= 4 is 11.8 Å². The fourth-order valence-corrected chi connectivity index (χ4v) is 3.49. The normalized spacial score (nSPS) is 13.4. The van der Waals surface area contributed by atoms with Crippen LogP contribution in [-0.4, -0.2) is 27.8 Å². The van der Waals surface area contributed by atoms with Gasteiger partial charge in [0.2, 0.25) is 5.91 Å². The van der Waals surface area contributed by atoms with Crippen LogP contribution in [0.5, 0.6) is 0 Å². The molecule has 0 aromatic carbocycles. The average molecular weight is 409 g/mol. The van der Waals surface area contributed by atoms with Crippen LogP contribution in [-0.2, 0) is 24.4 Å². The van der Waals surface area contributed by atoms with E-state index >= 15 is 0 Å². The van der Waals surface area contributed by atoms with E-state index in [1.807, 2.05) is 29.3 Å². The van der Waals surface area contributed by atoms with Crippen LogP contribution in [0.25, 0.3) is 0 Å². The van der Waals surface area contributed by atoms with Gasteiger partial charge in [0.05, 0.1) is 25.9 Å². The zero-order chi connectivity index (χ0) is 20.9. The van der Waals surface area contributed by atoms with E-state index in [4.69, 9.17) is 8.83 Å². The summed E-state index contributed by atoms with van der Waals surface area (Å²) in [5.74, 6) is 1.83. The van der Waals surface area contributed by atoms with Crippen LogP contribution < -0.4 is 5.32 Å². The van der Waals surface area contributed by atoms with E-state index in [1.54, 1.807) is 24.5 Å². The molecule has 7 nitrogen and oxygen atoms in total. The van der Waals surface area contributed by atoms with Gasteiger partial charge in [0.1, 0.15) is 11.5 Å². The second kappa shape index (κ2) is 9.07. The van der Waals surface area contributed by atoms with Crippen molar-refractivity contribution in [1.29, 1.82) is 0 Å². The van der Waals surface area contributed by atoms with Crippen molar-refractivity contribution in [2.24, 2.45) is 5.92 Å². The quantitative estimate of drug-likeness (QED) is 0.552. The van der Waals surface area contributed by atoms with Crippen LogP contribution in [0.15, 0.2) is 57.7 Å². The van der Waals surface area contributed by atoms with E-state index in [0.717, 1.165) is 31.5 Å². The lowest BCUT2D eigenvalue weighted by Crippen LogP contribution is -2.33. The number of rotatable bonds is 10. The highest BCUT2D eigenvalue weighted by Crippen LogP contribution is 2.31. The van der Waals surface area contributed by atoms with Gasteiger partial charge >= 0.3 is 0 Å². The molecule has 3 heterocycles. The van der Waals surface area contributed by atoms with E-state index < -0.39 is 0 Å². The van der Waals surface area contributed by atoms with Gasteiger partial charge in [0.15, 0.2) is 5.76 Å². The summed E-state index contributed by atoms with van der Waals surface area (Å²) >= 11 is 0. The number of hydrogen-bond donors (Lipinski definition) is 1. The Balaban J connectivity index is 1.37. The second-order valence-corrected chi connectivity index (χ2v) is 7.69. The minimum Gasteiger partial charge on any atom is -0.467 e. The first kappa shape index (κ1) is 20.1. The van der Waals surface area contributed by atoms with Crippen molar-refractivity contribution in [2.75, 3.05) is 6.54 Å². The first-order valence-corrected chi connectivity index (χ1v) is 10.5. The van der Waals surface area contributed by atoms with Gasteiger partial charge in [-0.15, -0.1) is 0 Å². The fraction of sp³-hybridized carbons (Fsp3) is 0.391. The number of nitrogens with one attached hydrogen (secondary N) is 1. The molecule has 4 rings (SSSR count). The summed E-state index contributed by atoms with van der Waals surface area (Å²) < 4.78 is 13.0. The summed E-state index contributed by atoms with van der Waals surface area (Å²) in [5, 5.41) is 2.78. The number of furan rings is 2. The molecule has 2 amide bonds. The standard InChI is InChI=1S/C23H27N3O4/c1-2-11-26(23(28)17-7-8-17)15-18-5-3-12-25(18)16-20-9-10-21(30-20)22(27)24-14-19-6-4-13-29-19/h3-6,9-10,12-13,17H,2,7-8,11,14-16H2,1H3,(H,24,27). The fourth-order valence-electron chi connectivity index (χ4n) is 3.49. The minimum absolute atomic E-state index is 0.215. The van der Waals surface area contributed by atoms with Crippen molar-refractivity contribution < 1.29 is 18.4 Å². The number of carbonyl (C=O) groups excluding carboxylic acids is 2. The number of aromatic nitrogens is 1. The van der Waals surface area contributed by atoms with Crippen LogP contribution in [0.4, 0.5) is 0 Å². The Hall–Kier alpha value is -3.22. The number of nitrogens with zero attached hydrogens (tertiary/aromatic N) is 2. The Bertz CT molecular complexity index is 982. The summed E-state index contributed by atoms with van der Waals surface area (Å²) in [6.07, 6.45) is 6.50. The third-order valence-electron chi connectivity index (χ3n) is 5.22. The maximum atomic E-state index is 12.6. The molecule has 7 heteroatoms. The largest absolute Gasteiger partial charge is 0.467 e. The van der Waals surface area contributed by atoms with Gasteiger partial charge in [-0.3, -0.25) is 9.59 Å². The number of carbonyl (C=O) groups is 2. The lowest BCUT2D eigenvalue weighted by atomic mass is 10.3. The molecular formula is C23H27N3O4. The van der Waals surface area contributed by atoms with E-state index in [0.29, 0.717) is 31.2 Å². The Kier molecular flexibility index (Phi) is 6.07. The van der Waals surface area contributed by atoms with Gasteiger partial charge < -0.3 is 23.6 Å². The molecular weight excluding hydrogens is 382 g/mol. The van der Waals surface area contributed by atoms with Crippen LogP contribution in [0.1, 0.15) is 54.0 Å². The van der Waals surface area contributed by atoms with Crippen molar-refractivity contribution in [3.8, 4) is 0 Å². The number of amides is 2. The van der Waals surface area contributed by atoms with Gasteiger partial charge in [-0.2, -0.15) is 0 Å². The van der Waals surface area contributed by atoms with Gasteiger partial charge in [0, 0.05) is 24.4 Å². The topological polar surface area (TPSA) is 80.6 Å². The Labute approximate surface area is 175 Å².